The fourth-order valence-corrected chi connectivity index (χ4v) is 2.88. The Bertz CT molecular complexity index is 495. The number of alkyl halides is 3. The van der Waals surface area contributed by atoms with E-state index < -0.39 is 35.5 Å². The number of carbonyl (C=O) groups is 2. The smallest absolute Gasteiger partial charge is 0.369 e. The van der Waals surface area contributed by atoms with Gasteiger partial charge in [-0.25, -0.2) is 4.79 Å². The zero-order valence-corrected chi connectivity index (χ0v) is 11.3. The number of hydrogen-bond acceptors (Lipinski definition) is 4. The summed E-state index contributed by atoms with van der Waals surface area (Å²) in [6.07, 6.45) is -3.66. The van der Waals surface area contributed by atoms with E-state index in [0.29, 0.717) is 0 Å². The van der Waals surface area contributed by atoms with Crippen molar-refractivity contribution in [1.29, 1.82) is 0 Å². The summed E-state index contributed by atoms with van der Waals surface area (Å²) in [5, 5.41) is 5.26. The average Bonchev–Trinajstić information content (AvgIpc) is 2.76. The molecule has 1 fully saturated rings. The van der Waals surface area contributed by atoms with Crippen LogP contribution in [-0.2, 0) is 4.79 Å². The Morgan fingerprint density at radius 1 is 1.38 bits per heavy atom. The van der Waals surface area contributed by atoms with Crippen LogP contribution >= 0.6 is 0 Å². The highest BCUT2D eigenvalue weighted by atomic mass is 19.4. The van der Waals surface area contributed by atoms with Gasteiger partial charge < -0.3 is 16.4 Å². The Kier molecular flexibility index (Phi) is 3.50. The summed E-state index contributed by atoms with van der Waals surface area (Å²) in [4.78, 5) is 24.2. The van der Waals surface area contributed by atoms with Gasteiger partial charge in [-0.2, -0.15) is 18.3 Å². The average molecular weight is 307 g/mol. The number of primary amides is 2. The SMILES string of the molecule is CC(C(F)(F)F)C1(C(N)=O)C=NN2CCN(C(N)=O)CC21. The van der Waals surface area contributed by atoms with E-state index in [4.69, 9.17) is 11.5 Å². The molecule has 118 valence electrons. The van der Waals surface area contributed by atoms with Gasteiger partial charge in [0.25, 0.3) is 0 Å². The lowest BCUT2D eigenvalue weighted by Crippen LogP contribution is -2.64. The number of urea groups is 1. The standard InChI is InChI=1S/C11H16F3N5O2/c1-6(11(12,13)14)10(8(15)20)5-17-19-3-2-18(9(16)21)4-7(10)19/h5-7H,2-4H2,1H3,(H2,15,20)(H2,16,21). The van der Waals surface area contributed by atoms with Crippen molar-refractivity contribution in [2.24, 2.45) is 27.9 Å². The summed E-state index contributed by atoms with van der Waals surface area (Å²) in [7, 11) is 0. The van der Waals surface area contributed by atoms with Crippen LogP contribution in [0.2, 0.25) is 0 Å². The Balaban J connectivity index is 2.40. The number of hydrazone groups is 1. The molecule has 0 aliphatic carbocycles. The van der Waals surface area contributed by atoms with E-state index in [9.17, 15) is 22.8 Å². The third-order valence-corrected chi connectivity index (χ3v) is 4.27. The van der Waals surface area contributed by atoms with Crippen LogP contribution in [0.4, 0.5) is 18.0 Å². The highest BCUT2D eigenvalue weighted by Crippen LogP contribution is 2.46. The van der Waals surface area contributed by atoms with Gasteiger partial charge in [-0.15, -0.1) is 0 Å². The Labute approximate surface area is 118 Å². The molecule has 0 saturated carbocycles. The van der Waals surface area contributed by atoms with E-state index in [-0.39, 0.29) is 19.6 Å². The van der Waals surface area contributed by atoms with Gasteiger partial charge in [0.1, 0.15) is 5.41 Å². The topological polar surface area (TPSA) is 105 Å². The summed E-state index contributed by atoms with van der Waals surface area (Å²) < 4.78 is 39.4. The van der Waals surface area contributed by atoms with E-state index in [0.717, 1.165) is 13.1 Å². The Morgan fingerprint density at radius 2 is 2.00 bits per heavy atom. The van der Waals surface area contributed by atoms with Crippen molar-refractivity contribution in [1.82, 2.24) is 9.91 Å². The van der Waals surface area contributed by atoms with Crippen LogP contribution in [0.3, 0.4) is 0 Å². The number of halogens is 3. The van der Waals surface area contributed by atoms with Gasteiger partial charge in [-0.05, 0) is 0 Å². The van der Waals surface area contributed by atoms with Crippen LogP contribution in [0.5, 0.6) is 0 Å². The minimum Gasteiger partial charge on any atom is -0.369 e. The summed E-state index contributed by atoms with van der Waals surface area (Å²) in [5.74, 6) is -3.14. The Hall–Kier alpha value is -2.00. The molecule has 0 aromatic heterocycles. The van der Waals surface area contributed by atoms with Crippen molar-refractivity contribution in [3.63, 3.8) is 0 Å². The molecule has 2 aliphatic rings. The molecule has 3 amide bonds. The van der Waals surface area contributed by atoms with E-state index in [1.54, 1.807) is 0 Å². The van der Waals surface area contributed by atoms with Crippen LogP contribution in [0, 0.1) is 11.3 Å². The Morgan fingerprint density at radius 3 is 2.48 bits per heavy atom. The van der Waals surface area contributed by atoms with Crippen molar-refractivity contribution in [2.75, 3.05) is 19.6 Å². The first-order chi connectivity index (χ1) is 9.60. The number of rotatable bonds is 2. The monoisotopic (exact) mass is 307 g/mol. The summed E-state index contributed by atoms with van der Waals surface area (Å²) in [5.41, 5.74) is 8.43. The molecule has 10 heteroatoms. The molecule has 2 aliphatic heterocycles. The summed E-state index contributed by atoms with van der Waals surface area (Å²) in [6, 6.07) is -1.72. The largest absolute Gasteiger partial charge is 0.393 e. The highest BCUT2D eigenvalue weighted by molar-refractivity contribution is 6.00. The predicted octanol–water partition coefficient (Wildman–Crippen LogP) is -0.279. The van der Waals surface area contributed by atoms with Crippen LogP contribution in [0.15, 0.2) is 5.10 Å². The predicted molar refractivity (Wildman–Crippen MR) is 67.0 cm³/mol. The molecule has 1 saturated heterocycles. The lowest BCUT2D eigenvalue weighted by atomic mass is 9.70. The maximum atomic E-state index is 13.1. The number of nitrogens with two attached hydrogens (primary N) is 2. The fraction of sp³-hybridized carbons (Fsp3) is 0.727. The third kappa shape index (κ3) is 2.28. The molecule has 7 nitrogen and oxygen atoms in total. The van der Waals surface area contributed by atoms with Crippen LogP contribution in [-0.4, -0.2) is 59.9 Å². The zero-order valence-electron chi connectivity index (χ0n) is 11.3. The molecule has 21 heavy (non-hydrogen) atoms. The van der Waals surface area contributed by atoms with Crippen molar-refractivity contribution in [2.45, 2.75) is 19.1 Å². The normalized spacial score (nSPS) is 30.2. The second kappa shape index (κ2) is 4.78. The number of hydrogen-bond donors (Lipinski definition) is 2. The molecule has 3 unspecified atom stereocenters. The number of carbonyl (C=O) groups excluding carboxylic acids is 2. The van der Waals surface area contributed by atoms with Gasteiger partial charge in [-0.1, -0.05) is 6.92 Å². The minimum atomic E-state index is -4.62. The first kappa shape index (κ1) is 15.4. The quantitative estimate of drug-likeness (QED) is 0.733. The van der Waals surface area contributed by atoms with Crippen molar-refractivity contribution in [3.05, 3.63) is 0 Å². The first-order valence-electron chi connectivity index (χ1n) is 6.33. The highest BCUT2D eigenvalue weighted by Gasteiger charge is 2.62. The van der Waals surface area contributed by atoms with E-state index in [1.807, 2.05) is 0 Å². The van der Waals surface area contributed by atoms with Crippen LogP contribution < -0.4 is 11.5 Å². The minimum absolute atomic E-state index is 0.126. The number of piperazine rings is 1. The molecule has 0 aromatic rings. The van der Waals surface area contributed by atoms with Crippen molar-refractivity contribution in [3.8, 4) is 0 Å². The molecule has 0 aromatic carbocycles. The number of fused-ring (bicyclic) bond motifs is 1. The molecule has 2 heterocycles. The molecule has 0 radical (unpaired) electrons. The number of amides is 3. The van der Waals surface area contributed by atoms with Gasteiger partial charge >= 0.3 is 12.2 Å². The molecule has 2 rings (SSSR count). The lowest BCUT2D eigenvalue weighted by molar-refractivity contribution is -0.199. The van der Waals surface area contributed by atoms with Gasteiger partial charge in [0.2, 0.25) is 5.91 Å². The van der Waals surface area contributed by atoms with Gasteiger partial charge in [0.15, 0.2) is 0 Å². The van der Waals surface area contributed by atoms with Crippen LogP contribution in [0.25, 0.3) is 0 Å². The molecular weight excluding hydrogens is 291 g/mol. The van der Waals surface area contributed by atoms with E-state index >= 15 is 0 Å². The van der Waals surface area contributed by atoms with Gasteiger partial charge in [-0.3, -0.25) is 9.80 Å². The van der Waals surface area contributed by atoms with Gasteiger partial charge in [0, 0.05) is 19.3 Å². The van der Waals surface area contributed by atoms with E-state index in [1.165, 1.54) is 9.91 Å². The summed E-state index contributed by atoms with van der Waals surface area (Å²) >= 11 is 0. The molecule has 4 N–H and O–H groups in total. The molecule has 0 spiro atoms. The zero-order chi connectivity index (χ0) is 16.0. The van der Waals surface area contributed by atoms with Crippen LogP contribution in [0.1, 0.15) is 6.92 Å². The fourth-order valence-electron chi connectivity index (χ4n) is 2.88. The second-order valence-corrected chi connectivity index (χ2v) is 5.27. The number of nitrogens with zero attached hydrogens (tertiary/aromatic N) is 3. The van der Waals surface area contributed by atoms with Crippen molar-refractivity contribution < 1.29 is 22.8 Å². The maximum Gasteiger partial charge on any atom is 0.393 e. The molecule has 3 atom stereocenters. The van der Waals surface area contributed by atoms with Gasteiger partial charge in [0.05, 0.1) is 18.5 Å². The second-order valence-electron chi connectivity index (χ2n) is 5.27. The first-order valence-corrected chi connectivity index (χ1v) is 6.33. The summed E-state index contributed by atoms with van der Waals surface area (Å²) in [6.45, 7) is 1.20. The van der Waals surface area contributed by atoms with E-state index in [2.05, 4.69) is 5.10 Å². The maximum absolute atomic E-state index is 13.1. The van der Waals surface area contributed by atoms with Crippen molar-refractivity contribution >= 4 is 18.2 Å². The molecular formula is C11H16F3N5O2. The molecule has 0 bridgehead atoms. The third-order valence-electron chi connectivity index (χ3n) is 4.27. The lowest BCUT2D eigenvalue weighted by Gasteiger charge is -2.44.